The van der Waals surface area contributed by atoms with E-state index in [1.165, 1.54) is 0 Å². The third-order valence-corrected chi connectivity index (χ3v) is 1.30. The summed E-state index contributed by atoms with van der Waals surface area (Å²) >= 11 is 7.88. The molecule has 0 aromatic carbocycles. The average Bonchev–Trinajstić information content (AvgIpc) is 1.65. The second-order valence-corrected chi connectivity index (χ2v) is 2.06. The fourth-order valence-corrected chi connectivity index (χ4v) is 0.486. The Morgan fingerprint density at radius 2 is 1.86 bits per heavy atom. The van der Waals surface area contributed by atoms with Crippen LogP contribution in [-0.4, -0.2) is 5.75 Å². The van der Waals surface area contributed by atoms with Gasteiger partial charge in [0.15, 0.2) is 0 Å². The normalized spacial score (nSPS) is 8.29. The highest BCUT2D eigenvalue weighted by atomic mass is 32.1. The van der Waals surface area contributed by atoms with Gasteiger partial charge in [-0.05, 0) is 5.57 Å². The van der Waals surface area contributed by atoms with E-state index in [2.05, 4.69) is 38.4 Å². The van der Waals surface area contributed by atoms with Crippen LogP contribution in [-0.2, 0) is 0 Å². The largest absolute Gasteiger partial charge is 0.175 e. The van der Waals surface area contributed by atoms with E-state index in [1.54, 1.807) is 0 Å². The van der Waals surface area contributed by atoms with Crippen molar-refractivity contribution < 1.29 is 0 Å². The van der Waals surface area contributed by atoms with Crippen LogP contribution in [0.1, 0.15) is 0 Å². The van der Waals surface area contributed by atoms with E-state index in [1.807, 2.05) is 0 Å². The zero-order valence-electron chi connectivity index (χ0n) is 4.02. The van der Waals surface area contributed by atoms with Crippen LogP contribution in [0.4, 0.5) is 0 Å². The van der Waals surface area contributed by atoms with E-state index in [-0.39, 0.29) is 0 Å². The summed E-state index contributed by atoms with van der Waals surface area (Å²) in [4.78, 5) is 0.718. The Balaban J connectivity index is 3.58. The van der Waals surface area contributed by atoms with Gasteiger partial charge in [0.1, 0.15) is 0 Å². The molecule has 0 heterocycles. The van der Waals surface area contributed by atoms with Crippen LogP contribution in [0.2, 0.25) is 0 Å². The average molecular weight is 132 g/mol. The summed E-state index contributed by atoms with van der Waals surface area (Å²) in [5, 5.41) is 0. The van der Waals surface area contributed by atoms with Crippen molar-refractivity contribution in [2.75, 3.05) is 5.75 Å². The fourth-order valence-electron chi connectivity index (χ4n) is 0.0913. The fraction of sp³-hybridized carbons (Fsp3) is 0.200. The van der Waals surface area contributed by atoms with Gasteiger partial charge in [0.25, 0.3) is 0 Å². The summed E-state index contributed by atoms with van der Waals surface area (Å²) in [5.74, 6) is 0.641. The zero-order valence-corrected chi connectivity index (χ0v) is 5.80. The van der Waals surface area contributed by atoms with Crippen molar-refractivity contribution in [3.05, 3.63) is 23.6 Å². The molecule has 0 aliphatic carbocycles. The number of hydrogen-bond donors (Lipinski definition) is 2. The molecule has 0 spiro atoms. The van der Waals surface area contributed by atoms with E-state index in [4.69, 9.17) is 0 Å². The molecular formula is C5H8S2. The smallest absolute Gasteiger partial charge is 0.0159 e. The molecule has 7 heavy (non-hydrogen) atoms. The van der Waals surface area contributed by atoms with Crippen LogP contribution in [0.3, 0.4) is 0 Å². The lowest BCUT2D eigenvalue weighted by Gasteiger charge is -1.93. The first kappa shape index (κ1) is 7.18. The lowest BCUT2D eigenvalue weighted by atomic mass is 10.3. The number of hydrogen-bond acceptors (Lipinski definition) is 2. The molecule has 0 amide bonds. The highest BCUT2D eigenvalue weighted by Gasteiger charge is 1.87. The molecule has 0 bridgehead atoms. The summed E-state index contributed by atoms with van der Waals surface area (Å²) in [5.41, 5.74) is 0.881. The molecule has 0 aromatic heterocycles. The SMILES string of the molecule is C=C(S)C(=C)CS. The summed E-state index contributed by atoms with van der Waals surface area (Å²) < 4.78 is 0. The topological polar surface area (TPSA) is 0 Å². The van der Waals surface area contributed by atoms with Crippen LogP contribution < -0.4 is 0 Å². The molecule has 0 aliphatic heterocycles. The first-order valence-corrected chi connectivity index (χ1v) is 2.93. The molecule has 0 N–H and O–H groups in total. The lowest BCUT2D eigenvalue weighted by molar-refractivity contribution is 1.59. The van der Waals surface area contributed by atoms with Gasteiger partial charge in [-0.1, -0.05) is 13.2 Å². The molecule has 0 aliphatic rings. The summed E-state index contributed by atoms with van der Waals surface area (Å²) in [6, 6.07) is 0. The summed E-state index contributed by atoms with van der Waals surface area (Å²) in [7, 11) is 0. The van der Waals surface area contributed by atoms with E-state index in [0.717, 1.165) is 10.5 Å². The first-order valence-electron chi connectivity index (χ1n) is 1.85. The minimum absolute atomic E-state index is 0.641. The quantitative estimate of drug-likeness (QED) is 0.416. The molecule has 0 saturated carbocycles. The van der Waals surface area contributed by atoms with Gasteiger partial charge in [-0.15, -0.1) is 12.6 Å². The van der Waals surface area contributed by atoms with Crippen LogP contribution in [0.15, 0.2) is 23.6 Å². The van der Waals surface area contributed by atoms with Crippen molar-refractivity contribution in [1.82, 2.24) is 0 Å². The first-order chi connectivity index (χ1) is 3.18. The Labute approximate surface area is 55.1 Å². The van der Waals surface area contributed by atoms with Gasteiger partial charge in [0, 0.05) is 10.7 Å². The van der Waals surface area contributed by atoms with Gasteiger partial charge in [-0.25, -0.2) is 0 Å². The van der Waals surface area contributed by atoms with Gasteiger partial charge in [-0.2, -0.15) is 12.6 Å². The van der Waals surface area contributed by atoms with Crippen LogP contribution >= 0.6 is 25.3 Å². The molecule has 0 radical (unpaired) electrons. The van der Waals surface area contributed by atoms with Gasteiger partial charge in [0.2, 0.25) is 0 Å². The second kappa shape index (κ2) is 3.22. The standard InChI is InChI=1S/C5H8S2/c1-4(3-6)5(2)7/h6-7H,1-3H2. The van der Waals surface area contributed by atoms with Gasteiger partial charge >= 0.3 is 0 Å². The molecule has 0 saturated heterocycles. The number of allylic oxidation sites excluding steroid dienone is 1. The minimum Gasteiger partial charge on any atom is -0.175 e. The maximum absolute atomic E-state index is 3.95. The zero-order chi connectivity index (χ0) is 5.86. The van der Waals surface area contributed by atoms with Crippen molar-refractivity contribution >= 4 is 25.3 Å². The minimum atomic E-state index is 0.641. The molecule has 0 fully saturated rings. The molecule has 0 atom stereocenters. The Morgan fingerprint density at radius 1 is 1.43 bits per heavy atom. The predicted molar refractivity (Wildman–Crippen MR) is 41.1 cm³/mol. The van der Waals surface area contributed by atoms with Crippen LogP contribution in [0.25, 0.3) is 0 Å². The van der Waals surface area contributed by atoms with Gasteiger partial charge in [0.05, 0.1) is 0 Å². The van der Waals surface area contributed by atoms with Crippen LogP contribution in [0.5, 0.6) is 0 Å². The van der Waals surface area contributed by atoms with Gasteiger partial charge in [-0.3, -0.25) is 0 Å². The summed E-state index contributed by atoms with van der Waals surface area (Å²) in [6.07, 6.45) is 0. The monoisotopic (exact) mass is 132 g/mol. The van der Waals surface area contributed by atoms with Crippen LogP contribution in [0, 0.1) is 0 Å². The van der Waals surface area contributed by atoms with E-state index < -0.39 is 0 Å². The third kappa shape index (κ3) is 2.83. The maximum Gasteiger partial charge on any atom is 0.0159 e. The number of thiol groups is 2. The van der Waals surface area contributed by atoms with Crippen molar-refractivity contribution in [3.63, 3.8) is 0 Å². The summed E-state index contributed by atoms with van der Waals surface area (Å²) in [6.45, 7) is 7.16. The Hall–Kier alpha value is 0.180. The molecule has 0 unspecified atom stereocenters. The predicted octanol–water partition coefficient (Wildman–Crippen LogP) is 1.92. The Bertz CT molecular complexity index is 94.3. The Morgan fingerprint density at radius 3 is 1.86 bits per heavy atom. The molecule has 0 aromatic rings. The van der Waals surface area contributed by atoms with Crippen molar-refractivity contribution in [1.29, 1.82) is 0 Å². The number of rotatable bonds is 2. The highest BCUT2D eigenvalue weighted by molar-refractivity contribution is 7.85. The Kier molecular flexibility index (Phi) is 3.30. The molecule has 0 nitrogen and oxygen atoms in total. The van der Waals surface area contributed by atoms with Gasteiger partial charge < -0.3 is 0 Å². The second-order valence-electron chi connectivity index (χ2n) is 1.21. The molecular weight excluding hydrogens is 124 g/mol. The molecule has 2 heteroatoms. The molecule has 40 valence electrons. The maximum atomic E-state index is 3.95. The van der Waals surface area contributed by atoms with Crippen molar-refractivity contribution in [2.45, 2.75) is 0 Å². The third-order valence-electron chi connectivity index (χ3n) is 0.599. The highest BCUT2D eigenvalue weighted by Crippen LogP contribution is 2.08. The van der Waals surface area contributed by atoms with E-state index >= 15 is 0 Å². The van der Waals surface area contributed by atoms with Crippen molar-refractivity contribution in [3.8, 4) is 0 Å². The lowest BCUT2D eigenvalue weighted by Crippen LogP contribution is -1.77. The van der Waals surface area contributed by atoms with E-state index in [0.29, 0.717) is 5.75 Å². The van der Waals surface area contributed by atoms with E-state index in [9.17, 15) is 0 Å². The van der Waals surface area contributed by atoms with Crippen molar-refractivity contribution in [2.24, 2.45) is 0 Å². The molecule has 0 rings (SSSR count).